The van der Waals surface area contributed by atoms with Crippen molar-refractivity contribution in [2.75, 3.05) is 0 Å². The zero-order chi connectivity index (χ0) is 10.7. The fourth-order valence-electron chi connectivity index (χ4n) is 1.16. The first-order chi connectivity index (χ1) is 6.50. The van der Waals surface area contributed by atoms with Gasteiger partial charge in [0.15, 0.2) is 6.10 Å². The molecule has 0 aliphatic rings. The van der Waals surface area contributed by atoms with Crippen molar-refractivity contribution in [1.82, 2.24) is 0 Å². The Morgan fingerprint density at radius 3 is 2.79 bits per heavy atom. The highest BCUT2D eigenvalue weighted by Crippen LogP contribution is 2.17. The number of hydrogen-bond donors (Lipinski definition) is 2. The van der Waals surface area contributed by atoms with Crippen LogP contribution in [0.1, 0.15) is 11.1 Å². The zero-order valence-electron chi connectivity index (χ0n) is 7.70. The molecule has 3 nitrogen and oxygen atoms in total. The van der Waals surface area contributed by atoms with E-state index in [4.69, 9.17) is 5.11 Å². The number of carbonyl (C=O) groups is 1. The molecule has 0 bridgehead atoms. The summed E-state index contributed by atoms with van der Waals surface area (Å²) in [6.07, 6.45) is -1.19. The molecule has 0 radical (unpaired) electrons. The highest BCUT2D eigenvalue weighted by atomic mass is 79.9. The third-order valence-corrected chi connectivity index (χ3v) is 2.50. The number of halogens is 1. The van der Waals surface area contributed by atoms with Crippen molar-refractivity contribution < 1.29 is 15.0 Å². The summed E-state index contributed by atoms with van der Waals surface area (Å²) in [6, 6.07) is 5.58. The summed E-state index contributed by atoms with van der Waals surface area (Å²) in [5.74, 6) is -1.19. The van der Waals surface area contributed by atoms with Gasteiger partial charge in [-0.3, -0.25) is 0 Å². The molecule has 14 heavy (non-hydrogen) atoms. The van der Waals surface area contributed by atoms with Gasteiger partial charge in [-0.05, 0) is 30.2 Å². The molecule has 76 valence electrons. The maximum atomic E-state index is 10.4. The Balaban J connectivity index is 2.85. The Morgan fingerprint density at radius 1 is 1.57 bits per heavy atom. The van der Waals surface area contributed by atoms with Crippen LogP contribution in [0.2, 0.25) is 0 Å². The van der Waals surface area contributed by atoms with Gasteiger partial charge < -0.3 is 10.2 Å². The highest BCUT2D eigenvalue weighted by molar-refractivity contribution is 9.10. The van der Waals surface area contributed by atoms with Gasteiger partial charge in [-0.15, -0.1) is 0 Å². The Kier molecular flexibility index (Phi) is 3.66. The van der Waals surface area contributed by atoms with E-state index in [2.05, 4.69) is 15.9 Å². The van der Waals surface area contributed by atoms with E-state index in [0.29, 0.717) is 0 Å². The Morgan fingerprint density at radius 2 is 2.21 bits per heavy atom. The van der Waals surface area contributed by atoms with Gasteiger partial charge in [-0.25, -0.2) is 4.79 Å². The van der Waals surface area contributed by atoms with E-state index in [1.54, 1.807) is 0 Å². The molecule has 1 unspecified atom stereocenters. The summed E-state index contributed by atoms with van der Waals surface area (Å²) in [5, 5.41) is 17.7. The molecular weight excluding hydrogens is 248 g/mol. The molecule has 1 rings (SSSR count). The molecule has 1 aromatic rings. The average molecular weight is 259 g/mol. The monoisotopic (exact) mass is 258 g/mol. The molecule has 4 heteroatoms. The van der Waals surface area contributed by atoms with Crippen LogP contribution in [-0.2, 0) is 11.2 Å². The van der Waals surface area contributed by atoms with E-state index in [9.17, 15) is 9.90 Å². The average Bonchev–Trinajstić information content (AvgIpc) is 2.11. The van der Waals surface area contributed by atoms with Crippen LogP contribution in [0, 0.1) is 6.92 Å². The van der Waals surface area contributed by atoms with Crippen LogP contribution in [0.3, 0.4) is 0 Å². The summed E-state index contributed by atoms with van der Waals surface area (Å²) < 4.78 is 0.885. The number of carboxylic acid groups (broad SMARTS) is 1. The molecule has 1 atom stereocenters. The lowest BCUT2D eigenvalue weighted by Gasteiger charge is -2.08. The molecular formula is C10H11BrO3. The minimum Gasteiger partial charge on any atom is -0.479 e. The molecule has 0 saturated carbocycles. The molecule has 0 amide bonds. The lowest BCUT2D eigenvalue weighted by atomic mass is 10.0. The first-order valence-electron chi connectivity index (χ1n) is 4.16. The minimum absolute atomic E-state index is 0.139. The van der Waals surface area contributed by atoms with Gasteiger partial charge >= 0.3 is 5.97 Å². The number of aliphatic carboxylic acids is 1. The van der Waals surface area contributed by atoms with Crippen LogP contribution in [0.4, 0.5) is 0 Å². The summed E-state index contributed by atoms with van der Waals surface area (Å²) in [5.41, 5.74) is 1.82. The van der Waals surface area contributed by atoms with Gasteiger partial charge in [0.1, 0.15) is 0 Å². The van der Waals surface area contributed by atoms with Crippen molar-refractivity contribution in [3.63, 3.8) is 0 Å². The van der Waals surface area contributed by atoms with Crippen LogP contribution in [0.5, 0.6) is 0 Å². The fourth-order valence-corrected chi connectivity index (χ4v) is 1.56. The normalized spacial score (nSPS) is 12.5. The summed E-state index contributed by atoms with van der Waals surface area (Å²) in [6.45, 7) is 1.89. The van der Waals surface area contributed by atoms with Gasteiger partial charge in [-0.1, -0.05) is 22.0 Å². The van der Waals surface area contributed by atoms with Crippen LogP contribution in [0.25, 0.3) is 0 Å². The SMILES string of the molecule is Cc1ccc(Br)cc1CC(O)C(=O)O. The molecule has 0 aliphatic heterocycles. The lowest BCUT2D eigenvalue weighted by Crippen LogP contribution is -2.22. The molecule has 1 aromatic carbocycles. The molecule has 2 N–H and O–H groups in total. The van der Waals surface area contributed by atoms with Crippen molar-refractivity contribution in [3.8, 4) is 0 Å². The third-order valence-electron chi connectivity index (χ3n) is 2.01. The second-order valence-corrected chi connectivity index (χ2v) is 4.04. The van der Waals surface area contributed by atoms with Crippen molar-refractivity contribution in [2.45, 2.75) is 19.4 Å². The van der Waals surface area contributed by atoms with Gasteiger partial charge in [0, 0.05) is 10.9 Å². The Labute approximate surface area is 90.5 Å². The maximum absolute atomic E-state index is 10.4. The number of carboxylic acids is 1. The second kappa shape index (κ2) is 4.57. The van der Waals surface area contributed by atoms with Gasteiger partial charge in [0.2, 0.25) is 0 Å². The van der Waals surface area contributed by atoms with Gasteiger partial charge in [-0.2, -0.15) is 0 Å². The summed E-state index contributed by atoms with van der Waals surface area (Å²) in [4.78, 5) is 10.4. The molecule has 0 aliphatic carbocycles. The van der Waals surface area contributed by atoms with E-state index in [-0.39, 0.29) is 6.42 Å². The van der Waals surface area contributed by atoms with Crippen LogP contribution in [0.15, 0.2) is 22.7 Å². The number of aryl methyl sites for hydroxylation is 1. The van der Waals surface area contributed by atoms with Crippen molar-refractivity contribution >= 4 is 21.9 Å². The van der Waals surface area contributed by atoms with Crippen molar-refractivity contribution in [2.24, 2.45) is 0 Å². The smallest absolute Gasteiger partial charge is 0.332 e. The Bertz CT molecular complexity index is 349. The number of hydrogen-bond acceptors (Lipinski definition) is 2. The van der Waals surface area contributed by atoms with E-state index >= 15 is 0 Å². The first-order valence-corrected chi connectivity index (χ1v) is 4.96. The second-order valence-electron chi connectivity index (χ2n) is 3.13. The fraction of sp³-hybridized carbons (Fsp3) is 0.300. The van der Waals surface area contributed by atoms with Crippen LogP contribution >= 0.6 is 15.9 Å². The lowest BCUT2D eigenvalue weighted by molar-refractivity contribution is -0.146. The van der Waals surface area contributed by atoms with E-state index in [1.165, 1.54) is 0 Å². The topological polar surface area (TPSA) is 57.5 Å². The van der Waals surface area contributed by atoms with Gasteiger partial charge in [0.25, 0.3) is 0 Å². The molecule has 0 heterocycles. The number of rotatable bonds is 3. The summed E-state index contributed by atoms with van der Waals surface area (Å²) >= 11 is 3.29. The van der Waals surface area contributed by atoms with E-state index in [1.807, 2.05) is 25.1 Å². The highest BCUT2D eigenvalue weighted by Gasteiger charge is 2.14. The predicted molar refractivity (Wildman–Crippen MR) is 56.2 cm³/mol. The van der Waals surface area contributed by atoms with E-state index < -0.39 is 12.1 Å². The van der Waals surface area contributed by atoms with Crippen LogP contribution < -0.4 is 0 Å². The summed E-state index contributed by atoms with van der Waals surface area (Å²) in [7, 11) is 0. The predicted octanol–water partition coefficient (Wildman–Crippen LogP) is 1.75. The minimum atomic E-state index is -1.33. The molecule has 0 aromatic heterocycles. The Hall–Kier alpha value is -0.870. The number of benzene rings is 1. The van der Waals surface area contributed by atoms with Crippen molar-refractivity contribution in [3.05, 3.63) is 33.8 Å². The zero-order valence-corrected chi connectivity index (χ0v) is 9.28. The van der Waals surface area contributed by atoms with Crippen molar-refractivity contribution in [1.29, 1.82) is 0 Å². The van der Waals surface area contributed by atoms with E-state index in [0.717, 1.165) is 15.6 Å². The standard InChI is InChI=1S/C10H11BrO3/c1-6-2-3-8(11)4-7(6)5-9(12)10(13)14/h2-4,9,12H,5H2,1H3,(H,13,14). The molecule has 0 fully saturated rings. The molecule has 0 saturated heterocycles. The number of aliphatic hydroxyl groups excluding tert-OH is 1. The first kappa shape index (κ1) is 11.2. The maximum Gasteiger partial charge on any atom is 0.332 e. The third kappa shape index (κ3) is 2.82. The largest absolute Gasteiger partial charge is 0.479 e. The van der Waals surface area contributed by atoms with Gasteiger partial charge in [0.05, 0.1) is 0 Å². The quantitative estimate of drug-likeness (QED) is 0.869. The molecule has 0 spiro atoms. The number of aliphatic hydroxyl groups is 1. The van der Waals surface area contributed by atoms with Crippen LogP contribution in [-0.4, -0.2) is 22.3 Å².